The molecule has 3 rings (SSSR count). The van der Waals surface area contributed by atoms with E-state index in [1.165, 1.54) is 11.3 Å². The van der Waals surface area contributed by atoms with E-state index in [0.717, 1.165) is 18.4 Å². The second kappa shape index (κ2) is 6.72. The summed E-state index contributed by atoms with van der Waals surface area (Å²) in [4.78, 5) is 25.0. The maximum Gasteiger partial charge on any atom is 0.275 e. The Hall–Kier alpha value is -2.18. The van der Waals surface area contributed by atoms with E-state index in [4.69, 9.17) is 0 Å². The maximum atomic E-state index is 12.4. The van der Waals surface area contributed by atoms with Crippen LogP contribution in [0.2, 0.25) is 0 Å². The van der Waals surface area contributed by atoms with E-state index >= 15 is 0 Å². The first-order chi connectivity index (χ1) is 10.7. The molecular weight excluding hydrogens is 298 g/mol. The third-order valence-corrected chi connectivity index (χ3v) is 4.26. The van der Waals surface area contributed by atoms with Gasteiger partial charge in [-0.2, -0.15) is 0 Å². The van der Waals surface area contributed by atoms with Crippen molar-refractivity contribution in [1.82, 2.24) is 16.2 Å². The van der Waals surface area contributed by atoms with Crippen LogP contribution >= 0.6 is 11.3 Å². The number of thiophene rings is 1. The highest BCUT2D eigenvalue weighted by Crippen LogP contribution is 2.21. The summed E-state index contributed by atoms with van der Waals surface area (Å²) in [7, 11) is 0. The fourth-order valence-corrected chi connectivity index (χ4v) is 2.68. The van der Waals surface area contributed by atoms with Crippen molar-refractivity contribution in [1.29, 1.82) is 0 Å². The molecule has 114 valence electrons. The second-order valence-corrected chi connectivity index (χ2v) is 6.15. The average molecular weight is 315 g/mol. The lowest BCUT2D eigenvalue weighted by Crippen LogP contribution is -2.46. The second-order valence-electron chi connectivity index (χ2n) is 5.20. The molecule has 1 aliphatic carbocycles. The minimum Gasteiger partial charge on any atom is -0.352 e. The van der Waals surface area contributed by atoms with E-state index in [-0.39, 0.29) is 17.9 Å². The van der Waals surface area contributed by atoms with E-state index in [9.17, 15) is 9.59 Å². The molecule has 0 spiro atoms. The molecule has 1 aliphatic rings. The number of carbonyl (C=O) groups is 2. The Balaban J connectivity index is 1.68. The molecule has 2 amide bonds. The monoisotopic (exact) mass is 315 g/mol. The summed E-state index contributed by atoms with van der Waals surface area (Å²) < 4.78 is 0. The van der Waals surface area contributed by atoms with Gasteiger partial charge in [-0.3, -0.25) is 15.0 Å². The van der Waals surface area contributed by atoms with E-state index in [1.807, 2.05) is 41.8 Å². The molecule has 1 saturated carbocycles. The number of hydrogen-bond acceptors (Lipinski definition) is 4. The standard InChI is InChI=1S/C16H17N3O2S/c20-15(13-7-4-10-22-13)19-18-14(11-5-2-1-3-6-11)16(21)17-12-8-9-12/h1-7,10,12,14,18H,8-9H2,(H,17,21)(H,19,20). The van der Waals surface area contributed by atoms with Crippen molar-refractivity contribution in [3.63, 3.8) is 0 Å². The Labute approximate surface area is 132 Å². The third kappa shape index (κ3) is 3.72. The minimum absolute atomic E-state index is 0.125. The molecule has 22 heavy (non-hydrogen) atoms. The number of hydrogen-bond donors (Lipinski definition) is 3. The summed E-state index contributed by atoms with van der Waals surface area (Å²) in [5.41, 5.74) is 6.28. The lowest BCUT2D eigenvalue weighted by Gasteiger charge is -2.19. The van der Waals surface area contributed by atoms with Gasteiger partial charge in [0.15, 0.2) is 0 Å². The molecule has 0 bridgehead atoms. The van der Waals surface area contributed by atoms with Gasteiger partial charge in [-0.1, -0.05) is 36.4 Å². The van der Waals surface area contributed by atoms with E-state index < -0.39 is 6.04 Å². The third-order valence-electron chi connectivity index (χ3n) is 3.39. The van der Waals surface area contributed by atoms with Crippen LogP contribution in [0.25, 0.3) is 0 Å². The summed E-state index contributed by atoms with van der Waals surface area (Å²) in [5, 5.41) is 4.80. The van der Waals surface area contributed by atoms with Gasteiger partial charge in [-0.25, -0.2) is 5.43 Å². The van der Waals surface area contributed by atoms with Gasteiger partial charge in [0.2, 0.25) is 5.91 Å². The molecule has 2 aromatic rings. The van der Waals surface area contributed by atoms with Gasteiger partial charge in [-0.15, -0.1) is 11.3 Å². The Kier molecular flexibility index (Phi) is 4.50. The molecule has 5 nitrogen and oxygen atoms in total. The molecule has 1 aromatic heterocycles. The summed E-state index contributed by atoms with van der Waals surface area (Å²) in [5.74, 6) is -0.365. The Morgan fingerprint density at radius 3 is 2.50 bits per heavy atom. The Morgan fingerprint density at radius 1 is 1.09 bits per heavy atom. The van der Waals surface area contributed by atoms with Crippen molar-refractivity contribution < 1.29 is 9.59 Å². The molecule has 1 unspecified atom stereocenters. The van der Waals surface area contributed by atoms with Crippen LogP contribution in [0.1, 0.15) is 34.1 Å². The van der Waals surface area contributed by atoms with Gasteiger partial charge in [0.1, 0.15) is 6.04 Å². The summed E-state index contributed by atoms with van der Waals surface area (Å²) in [6.07, 6.45) is 2.05. The van der Waals surface area contributed by atoms with Crippen LogP contribution in [-0.4, -0.2) is 17.9 Å². The Morgan fingerprint density at radius 2 is 1.86 bits per heavy atom. The lowest BCUT2D eigenvalue weighted by atomic mass is 10.1. The maximum absolute atomic E-state index is 12.4. The molecule has 6 heteroatoms. The number of benzene rings is 1. The zero-order valence-corrected chi connectivity index (χ0v) is 12.7. The van der Waals surface area contributed by atoms with Crippen LogP contribution in [0.15, 0.2) is 47.8 Å². The van der Waals surface area contributed by atoms with Crippen molar-refractivity contribution in [3.05, 3.63) is 58.3 Å². The first kappa shape index (κ1) is 14.7. The van der Waals surface area contributed by atoms with Crippen molar-refractivity contribution in [2.75, 3.05) is 0 Å². The predicted molar refractivity (Wildman–Crippen MR) is 85.3 cm³/mol. The Bertz CT molecular complexity index is 639. The molecule has 1 heterocycles. The fourth-order valence-electron chi connectivity index (χ4n) is 2.07. The normalized spacial score (nSPS) is 15.1. The van der Waals surface area contributed by atoms with Crippen molar-refractivity contribution in [2.24, 2.45) is 0 Å². The topological polar surface area (TPSA) is 70.2 Å². The smallest absolute Gasteiger partial charge is 0.275 e. The first-order valence-electron chi connectivity index (χ1n) is 7.19. The molecule has 3 N–H and O–H groups in total. The zero-order chi connectivity index (χ0) is 15.4. The highest BCUT2D eigenvalue weighted by atomic mass is 32.1. The number of carbonyl (C=O) groups excluding carboxylic acids is 2. The average Bonchev–Trinajstić information content (AvgIpc) is 3.17. The molecular formula is C16H17N3O2S. The quantitative estimate of drug-likeness (QED) is 0.714. The molecule has 0 aliphatic heterocycles. The predicted octanol–water partition coefficient (Wildman–Crippen LogP) is 2.00. The number of nitrogens with one attached hydrogen (secondary N) is 3. The van der Waals surface area contributed by atoms with Crippen LogP contribution in [0.5, 0.6) is 0 Å². The van der Waals surface area contributed by atoms with E-state index in [2.05, 4.69) is 16.2 Å². The molecule has 1 fully saturated rings. The molecule has 1 aromatic carbocycles. The SMILES string of the molecule is O=C(NNC(C(=O)NC1CC1)c1ccccc1)c1cccs1. The van der Waals surface area contributed by atoms with Crippen LogP contribution in [0.4, 0.5) is 0 Å². The minimum atomic E-state index is -0.606. The highest BCUT2D eigenvalue weighted by molar-refractivity contribution is 7.12. The van der Waals surface area contributed by atoms with Gasteiger partial charge in [0.25, 0.3) is 5.91 Å². The molecule has 0 radical (unpaired) electrons. The zero-order valence-electron chi connectivity index (χ0n) is 11.9. The van der Waals surface area contributed by atoms with Crippen LogP contribution < -0.4 is 16.2 Å². The largest absolute Gasteiger partial charge is 0.352 e. The summed E-state index contributed by atoms with van der Waals surface area (Å²) >= 11 is 1.35. The van der Waals surface area contributed by atoms with Gasteiger partial charge in [0.05, 0.1) is 4.88 Å². The van der Waals surface area contributed by atoms with Crippen molar-refractivity contribution >= 4 is 23.2 Å². The van der Waals surface area contributed by atoms with Crippen molar-refractivity contribution in [2.45, 2.75) is 24.9 Å². The lowest BCUT2D eigenvalue weighted by molar-refractivity contribution is -0.123. The van der Waals surface area contributed by atoms with E-state index in [0.29, 0.717) is 4.88 Å². The van der Waals surface area contributed by atoms with Crippen LogP contribution in [-0.2, 0) is 4.79 Å². The fraction of sp³-hybridized carbons (Fsp3) is 0.250. The van der Waals surface area contributed by atoms with Gasteiger partial charge in [-0.05, 0) is 29.9 Å². The van der Waals surface area contributed by atoms with Crippen LogP contribution in [0.3, 0.4) is 0 Å². The van der Waals surface area contributed by atoms with Gasteiger partial charge < -0.3 is 5.32 Å². The van der Waals surface area contributed by atoms with E-state index in [1.54, 1.807) is 6.07 Å². The number of hydrazine groups is 1. The summed E-state index contributed by atoms with van der Waals surface area (Å²) in [6, 6.07) is 12.6. The van der Waals surface area contributed by atoms with Crippen LogP contribution in [0, 0.1) is 0 Å². The first-order valence-corrected chi connectivity index (χ1v) is 8.06. The summed E-state index contributed by atoms with van der Waals surface area (Å²) in [6.45, 7) is 0. The number of rotatable bonds is 6. The highest BCUT2D eigenvalue weighted by Gasteiger charge is 2.28. The van der Waals surface area contributed by atoms with Gasteiger partial charge in [0, 0.05) is 6.04 Å². The van der Waals surface area contributed by atoms with Gasteiger partial charge >= 0.3 is 0 Å². The number of amides is 2. The molecule has 0 saturated heterocycles. The molecule has 1 atom stereocenters. The van der Waals surface area contributed by atoms with Crippen molar-refractivity contribution in [3.8, 4) is 0 Å².